The van der Waals surface area contributed by atoms with E-state index in [1.807, 2.05) is 0 Å². The molecule has 4 N–H and O–H groups in total. The van der Waals surface area contributed by atoms with Gasteiger partial charge < -0.3 is 15.6 Å². The number of aliphatic hydroxyl groups is 1. The first kappa shape index (κ1) is 16.2. The van der Waals surface area contributed by atoms with Crippen LogP contribution in [-0.4, -0.2) is 43.8 Å². The topological polar surface area (TPSA) is 136 Å². The Morgan fingerprint density at radius 1 is 1.62 bits per heavy atom. The monoisotopic (exact) mass is 333 g/mol. The molecule has 1 saturated carbocycles. The van der Waals surface area contributed by atoms with Crippen LogP contribution in [0.2, 0.25) is 0 Å². The molecule has 1 aliphatic rings. The van der Waals surface area contributed by atoms with Gasteiger partial charge in [-0.1, -0.05) is 13.8 Å². The van der Waals surface area contributed by atoms with Crippen LogP contribution in [0.25, 0.3) is 17.4 Å². The Morgan fingerprint density at radius 2 is 2.38 bits per heavy atom. The number of carbonyl (C=O) groups is 1. The molecule has 24 heavy (non-hydrogen) atoms. The summed E-state index contributed by atoms with van der Waals surface area (Å²) in [7, 11) is 0. The van der Waals surface area contributed by atoms with Gasteiger partial charge in [0.2, 0.25) is 5.95 Å². The van der Waals surface area contributed by atoms with E-state index >= 15 is 0 Å². The minimum atomic E-state index is -0.576. The summed E-state index contributed by atoms with van der Waals surface area (Å²) in [6, 6.07) is 0. The third kappa shape index (κ3) is 2.78. The van der Waals surface area contributed by atoms with Crippen LogP contribution in [-0.2, 0) is 9.53 Å². The summed E-state index contributed by atoms with van der Waals surface area (Å²) in [5.74, 6) is -0.519. The number of fused-ring (bicyclic) bond motifs is 1. The van der Waals surface area contributed by atoms with Crippen molar-refractivity contribution in [3.8, 4) is 0 Å². The van der Waals surface area contributed by atoms with Crippen molar-refractivity contribution >= 4 is 29.3 Å². The number of aliphatic hydroxyl groups excluding tert-OH is 1. The van der Waals surface area contributed by atoms with Gasteiger partial charge in [0.15, 0.2) is 11.2 Å². The minimum Gasteiger partial charge on any atom is -0.464 e. The summed E-state index contributed by atoms with van der Waals surface area (Å²) in [6.07, 6.45) is 3.79. The Hall–Kier alpha value is -2.68. The summed E-state index contributed by atoms with van der Waals surface area (Å²) in [5, 5.41) is 9.66. The van der Waals surface area contributed by atoms with Crippen molar-refractivity contribution in [2.24, 2.45) is 11.3 Å². The Bertz CT molecular complexity index is 882. The van der Waals surface area contributed by atoms with Crippen LogP contribution < -0.4 is 11.3 Å². The predicted molar refractivity (Wildman–Crippen MR) is 86.8 cm³/mol. The smallest absolute Gasteiger partial charge is 0.308 e. The molecule has 2 aromatic heterocycles. The van der Waals surface area contributed by atoms with Crippen LogP contribution in [0.15, 0.2) is 16.7 Å². The predicted octanol–water partition coefficient (Wildman–Crippen LogP) is 0.124. The second-order valence-corrected chi connectivity index (χ2v) is 6.31. The molecule has 0 spiro atoms. The van der Waals surface area contributed by atoms with Gasteiger partial charge in [-0.2, -0.15) is 4.98 Å². The Morgan fingerprint density at radius 3 is 3.04 bits per heavy atom. The van der Waals surface area contributed by atoms with Gasteiger partial charge in [0.1, 0.15) is 12.9 Å². The summed E-state index contributed by atoms with van der Waals surface area (Å²) in [4.78, 5) is 33.9. The molecule has 3 rings (SSSR count). The number of aromatic amines is 1. The number of imidazole rings is 1. The lowest BCUT2D eigenvalue weighted by Gasteiger charge is -2.13. The zero-order valence-electron chi connectivity index (χ0n) is 13.4. The van der Waals surface area contributed by atoms with Crippen LogP contribution in [0.1, 0.15) is 20.3 Å². The molecule has 2 heterocycles. The Labute approximate surface area is 137 Å². The fourth-order valence-corrected chi connectivity index (χ4v) is 2.43. The third-order valence-corrected chi connectivity index (χ3v) is 4.10. The molecule has 9 nitrogen and oxygen atoms in total. The quantitative estimate of drug-likeness (QED) is 0.661. The lowest BCUT2D eigenvalue weighted by molar-refractivity contribution is -0.149. The van der Waals surface area contributed by atoms with E-state index in [1.165, 1.54) is 6.33 Å². The third-order valence-electron chi connectivity index (χ3n) is 4.10. The van der Waals surface area contributed by atoms with Gasteiger partial charge in [-0.15, -0.1) is 0 Å². The van der Waals surface area contributed by atoms with Gasteiger partial charge in [-0.3, -0.25) is 19.1 Å². The normalized spacial score (nSPS) is 21.6. The van der Waals surface area contributed by atoms with Crippen LogP contribution in [0, 0.1) is 11.3 Å². The summed E-state index contributed by atoms with van der Waals surface area (Å²) in [5.41, 5.74) is 5.98. The molecule has 9 heteroatoms. The average Bonchev–Trinajstić information content (AvgIpc) is 3.07. The molecule has 1 aliphatic carbocycles. The maximum atomic E-state index is 11.8. The number of hydrogen-bond acceptors (Lipinski definition) is 7. The molecule has 0 saturated heterocycles. The molecule has 0 unspecified atom stereocenters. The number of carbonyl (C=O) groups excluding carboxylic acids is 1. The van der Waals surface area contributed by atoms with Crippen LogP contribution >= 0.6 is 0 Å². The van der Waals surface area contributed by atoms with E-state index in [-0.39, 0.29) is 36.6 Å². The lowest BCUT2D eigenvalue weighted by atomic mass is 10.1. The number of H-pyrrole nitrogens is 1. The lowest BCUT2D eigenvalue weighted by Crippen LogP contribution is -2.21. The standard InChI is InChI=1S/C15H19N5O4/c1-8(2)13(23)24-6-15(5-21)3-9(15)4-20-7-17-10-11(20)18-14(16)19-12(10)22/h4,7-8,21H,3,5-6H2,1-2H3,(H3,16,18,19,22)/b9-4-/t15-/m0/s1. The molecular formula is C15H19N5O4. The number of ether oxygens (including phenoxy) is 1. The largest absolute Gasteiger partial charge is 0.464 e. The number of nitrogens with zero attached hydrogens (tertiary/aromatic N) is 3. The van der Waals surface area contributed by atoms with E-state index in [9.17, 15) is 14.7 Å². The second kappa shape index (κ2) is 5.75. The summed E-state index contributed by atoms with van der Waals surface area (Å²) >= 11 is 0. The highest BCUT2D eigenvalue weighted by Crippen LogP contribution is 2.52. The van der Waals surface area contributed by atoms with Crippen molar-refractivity contribution in [2.45, 2.75) is 20.3 Å². The highest BCUT2D eigenvalue weighted by molar-refractivity contribution is 5.74. The molecule has 0 aliphatic heterocycles. The van der Waals surface area contributed by atoms with Crippen molar-refractivity contribution in [1.29, 1.82) is 0 Å². The van der Waals surface area contributed by atoms with Crippen molar-refractivity contribution in [1.82, 2.24) is 19.5 Å². The van der Waals surface area contributed by atoms with E-state index in [4.69, 9.17) is 10.5 Å². The zero-order chi connectivity index (χ0) is 17.5. The first-order valence-electron chi connectivity index (χ1n) is 7.57. The van der Waals surface area contributed by atoms with Crippen molar-refractivity contribution < 1.29 is 14.6 Å². The second-order valence-electron chi connectivity index (χ2n) is 6.31. The van der Waals surface area contributed by atoms with E-state index in [1.54, 1.807) is 24.6 Å². The number of aromatic nitrogens is 4. The molecule has 1 fully saturated rings. The fourth-order valence-electron chi connectivity index (χ4n) is 2.43. The van der Waals surface area contributed by atoms with Gasteiger partial charge >= 0.3 is 5.97 Å². The highest BCUT2D eigenvalue weighted by Gasteiger charge is 2.50. The van der Waals surface area contributed by atoms with Crippen LogP contribution in [0.5, 0.6) is 0 Å². The van der Waals surface area contributed by atoms with Gasteiger partial charge in [-0.25, -0.2) is 4.98 Å². The molecule has 2 aromatic rings. The number of nitrogen functional groups attached to an aromatic ring is 1. The maximum Gasteiger partial charge on any atom is 0.308 e. The number of nitrogens with two attached hydrogens (primary N) is 1. The number of hydrogen-bond donors (Lipinski definition) is 3. The van der Waals surface area contributed by atoms with Crippen molar-refractivity contribution in [3.05, 3.63) is 22.3 Å². The molecular weight excluding hydrogens is 314 g/mol. The first-order valence-corrected chi connectivity index (χ1v) is 7.57. The van der Waals surface area contributed by atoms with Crippen molar-refractivity contribution in [2.75, 3.05) is 18.9 Å². The average molecular weight is 333 g/mol. The summed E-state index contributed by atoms with van der Waals surface area (Å²) in [6.45, 7) is 3.49. The summed E-state index contributed by atoms with van der Waals surface area (Å²) < 4.78 is 6.82. The Kier molecular flexibility index (Phi) is 3.88. The van der Waals surface area contributed by atoms with Crippen LogP contribution in [0.3, 0.4) is 0 Å². The van der Waals surface area contributed by atoms with Crippen LogP contribution in [0.4, 0.5) is 5.95 Å². The van der Waals surface area contributed by atoms with Gasteiger partial charge in [0.05, 0.1) is 17.9 Å². The highest BCUT2D eigenvalue weighted by atomic mass is 16.5. The van der Waals surface area contributed by atoms with E-state index in [0.29, 0.717) is 12.1 Å². The zero-order valence-corrected chi connectivity index (χ0v) is 13.4. The number of nitrogens with one attached hydrogen (secondary N) is 1. The maximum absolute atomic E-state index is 11.8. The minimum absolute atomic E-state index is 0.00253. The molecule has 1 atom stereocenters. The number of anilines is 1. The number of esters is 1. The van der Waals surface area contributed by atoms with E-state index in [2.05, 4.69) is 15.0 Å². The van der Waals surface area contributed by atoms with Gasteiger partial charge in [-0.05, 0) is 12.0 Å². The van der Waals surface area contributed by atoms with E-state index in [0.717, 1.165) is 5.57 Å². The number of rotatable bonds is 5. The van der Waals surface area contributed by atoms with Gasteiger partial charge in [0, 0.05) is 6.20 Å². The van der Waals surface area contributed by atoms with E-state index < -0.39 is 11.0 Å². The Balaban J connectivity index is 1.85. The molecule has 0 radical (unpaired) electrons. The first-order chi connectivity index (χ1) is 11.4. The molecule has 0 amide bonds. The molecule has 0 aromatic carbocycles. The van der Waals surface area contributed by atoms with Gasteiger partial charge in [0.25, 0.3) is 5.56 Å². The SMILES string of the molecule is CC(C)C(=O)OC[C@@]1(CO)C/C1=C/n1cnc2c(=O)[nH]c(N)nc21. The fraction of sp³-hybridized carbons (Fsp3) is 0.467. The molecule has 0 bridgehead atoms. The molecule has 128 valence electrons. The van der Waals surface area contributed by atoms with Crippen molar-refractivity contribution in [3.63, 3.8) is 0 Å².